The Morgan fingerprint density at radius 2 is 0.487 bits per heavy atom. The molecule has 1 unspecified atom stereocenters. The quantitative estimate of drug-likeness (QED) is 0.0261. The van der Waals surface area contributed by atoms with Crippen molar-refractivity contribution < 1.29 is 28.6 Å². The summed E-state index contributed by atoms with van der Waals surface area (Å²) in [5, 5.41) is 0. The van der Waals surface area contributed by atoms with Crippen LogP contribution < -0.4 is 0 Å². The number of hydrogen-bond donors (Lipinski definition) is 0. The van der Waals surface area contributed by atoms with Gasteiger partial charge in [-0.25, -0.2) is 0 Å². The molecule has 0 aromatic heterocycles. The maximum Gasteiger partial charge on any atom is 0.306 e. The number of rotatable bonds is 59. The lowest BCUT2D eigenvalue weighted by Crippen LogP contribution is -2.30. The largest absolute Gasteiger partial charge is 0.462 e. The highest BCUT2D eigenvalue weighted by atomic mass is 16.6. The van der Waals surface area contributed by atoms with Gasteiger partial charge in [-0.05, 0) is 116 Å². The van der Waals surface area contributed by atoms with E-state index in [1.807, 2.05) is 0 Å². The van der Waals surface area contributed by atoms with E-state index >= 15 is 0 Å². The fourth-order valence-corrected chi connectivity index (χ4v) is 9.00. The molecular formula is C74H122O6. The molecule has 454 valence electrons. The fraction of sp³-hybridized carbons (Fsp3) is 0.662. The lowest BCUT2D eigenvalue weighted by molar-refractivity contribution is -0.167. The van der Waals surface area contributed by atoms with Gasteiger partial charge in [0.25, 0.3) is 0 Å². The van der Waals surface area contributed by atoms with Crippen molar-refractivity contribution >= 4 is 17.9 Å². The predicted molar refractivity (Wildman–Crippen MR) is 348 cm³/mol. The van der Waals surface area contributed by atoms with Crippen LogP contribution in [0.3, 0.4) is 0 Å². The average Bonchev–Trinajstić information content (AvgIpc) is 3.46. The number of carbonyl (C=O) groups excluding carboxylic acids is 3. The lowest BCUT2D eigenvalue weighted by Gasteiger charge is -2.18. The molecule has 0 aromatic rings. The third-order valence-corrected chi connectivity index (χ3v) is 13.9. The highest BCUT2D eigenvalue weighted by Gasteiger charge is 2.19. The van der Waals surface area contributed by atoms with Gasteiger partial charge in [0.15, 0.2) is 6.10 Å². The molecule has 0 amide bonds. The molecule has 0 heterocycles. The van der Waals surface area contributed by atoms with Gasteiger partial charge >= 0.3 is 17.9 Å². The highest BCUT2D eigenvalue weighted by Crippen LogP contribution is 2.16. The van der Waals surface area contributed by atoms with Crippen LogP contribution in [0.1, 0.15) is 297 Å². The third-order valence-electron chi connectivity index (χ3n) is 13.9. The van der Waals surface area contributed by atoms with Gasteiger partial charge in [0.2, 0.25) is 0 Å². The summed E-state index contributed by atoms with van der Waals surface area (Å²) in [5.41, 5.74) is 0. The Balaban J connectivity index is 4.26. The Bertz CT molecular complexity index is 1700. The number of carbonyl (C=O) groups is 3. The van der Waals surface area contributed by atoms with Crippen molar-refractivity contribution in [3.63, 3.8) is 0 Å². The van der Waals surface area contributed by atoms with Crippen molar-refractivity contribution in [1.29, 1.82) is 0 Å². The van der Waals surface area contributed by atoms with Crippen LogP contribution in [0.25, 0.3) is 0 Å². The summed E-state index contributed by atoms with van der Waals surface area (Å²) in [4.78, 5) is 38.3. The molecule has 0 N–H and O–H groups in total. The second kappa shape index (κ2) is 67.1. The molecule has 80 heavy (non-hydrogen) atoms. The molecule has 1 atom stereocenters. The molecule has 0 aliphatic heterocycles. The van der Waals surface area contributed by atoms with Gasteiger partial charge in [0.05, 0.1) is 0 Å². The summed E-state index contributed by atoms with van der Waals surface area (Å²) in [5.74, 6) is -0.895. The van der Waals surface area contributed by atoms with Crippen LogP contribution in [-0.4, -0.2) is 37.2 Å². The minimum Gasteiger partial charge on any atom is -0.462 e. The number of unbranched alkanes of at least 4 members (excludes halogenated alkanes) is 26. The minimum atomic E-state index is -0.788. The number of hydrogen-bond acceptors (Lipinski definition) is 6. The zero-order valence-corrected chi connectivity index (χ0v) is 52.0. The standard InChI is InChI=1S/C74H122O6/c1-4-7-10-13-16-19-22-24-26-28-30-32-33-34-35-36-37-38-39-40-41-43-44-46-48-50-52-55-58-61-64-67-73(76)79-70-71(69-78-72(75)66-63-60-57-54-21-18-15-12-9-6-3)80-74(77)68-65-62-59-56-53-51-49-47-45-42-31-29-27-25-23-20-17-14-11-8-5-2/h7-8,10-11,16-17,19-20,24-27,30-32,34-35,37-38,40-42,71H,4-6,9,12-15,18,21-23,28-29,33,36,39,43-70H2,1-3H3/b10-7-,11-8-,19-16-,20-17-,26-24-,27-25-,32-30-,35-34-,38-37-,41-40-,42-31-. The van der Waals surface area contributed by atoms with E-state index in [2.05, 4.69) is 154 Å². The Morgan fingerprint density at radius 3 is 0.762 bits per heavy atom. The van der Waals surface area contributed by atoms with E-state index in [0.717, 1.165) is 141 Å². The second-order valence-electron chi connectivity index (χ2n) is 21.6. The van der Waals surface area contributed by atoms with E-state index in [-0.39, 0.29) is 31.1 Å². The average molecular weight is 1110 g/mol. The summed E-state index contributed by atoms with van der Waals surface area (Å²) in [6.07, 6.45) is 94.6. The maximum absolute atomic E-state index is 12.9. The minimum absolute atomic E-state index is 0.0837. The zero-order chi connectivity index (χ0) is 57.8. The van der Waals surface area contributed by atoms with Crippen LogP contribution in [0.2, 0.25) is 0 Å². The summed E-state index contributed by atoms with van der Waals surface area (Å²) >= 11 is 0. The van der Waals surface area contributed by atoms with Gasteiger partial charge in [-0.15, -0.1) is 0 Å². The predicted octanol–water partition coefficient (Wildman–Crippen LogP) is 22.9. The first kappa shape index (κ1) is 75.5. The summed E-state index contributed by atoms with van der Waals surface area (Å²) in [6, 6.07) is 0. The van der Waals surface area contributed by atoms with Crippen molar-refractivity contribution in [1.82, 2.24) is 0 Å². The molecular weight excluding hydrogens is 985 g/mol. The van der Waals surface area contributed by atoms with Gasteiger partial charge in [0.1, 0.15) is 13.2 Å². The first-order chi connectivity index (χ1) is 39.5. The van der Waals surface area contributed by atoms with Gasteiger partial charge in [-0.3, -0.25) is 14.4 Å². The van der Waals surface area contributed by atoms with Gasteiger partial charge in [-0.1, -0.05) is 296 Å². The molecule has 0 aliphatic rings. The molecule has 0 saturated carbocycles. The smallest absolute Gasteiger partial charge is 0.306 e. The topological polar surface area (TPSA) is 78.9 Å². The second-order valence-corrected chi connectivity index (χ2v) is 21.6. The third kappa shape index (κ3) is 64.4. The fourth-order valence-electron chi connectivity index (χ4n) is 9.00. The van der Waals surface area contributed by atoms with Crippen molar-refractivity contribution in [3.8, 4) is 0 Å². The highest BCUT2D eigenvalue weighted by molar-refractivity contribution is 5.71. The van der Waals surface area contributed by atoms with Crippen molar-refractivity contribution in [2.75, 3.05) is 13.2 Å². The molecule has 0 fully saturated rings. The van der Waals surface area contributed by atoms with Gasteiger partial charge in [-0.2, -0.15) is 0 Å². The van der Waals surface area contributed by atoms with Gasteiger partial charge < -0.3 is 14.2 Å². The molecule has 0 bridgehead atoms. The molecule has 0 aromatic carbocycles. The van der Waals surface area contributed by atoms with E-state index in [1.54, 1.807) is 0 Å². The van der Waals surface area contributed by atoms with Crippen molar-refractivity contribution in [3.05, 3.63) is 134 Å². The molecule has 0 spiro atoms. The molecule has 0 aliphatic carbocycles. The van der Waals surface area contributed by atoms with Crippen LogP contribution >= 0.6 is 0 Å². The summed E-state index contributed by atoms with van der Waals surface area (Å²) in [7, 11) is 0. The van der Waals surface area contributed by atoms with Crippen molar-refractivity contribution in [2.45, 2.75) is 303 Å². The van der Waals surface area contributed by atoms with E-state index in [9.17, 15) is 14.4 Å². The Kier molecular flexibility index (Phi) is 63.3. The van der Waals surface area contributed by atoms with Crippen molar-refractivity contribution in [2.24, 2.45) is 0 Å². The van der Waals surface area contributed by atoms with Crippen LogP contribution in [0.15, 0.2) is 134 Å². The summed E-state index contributed by atoms with van der Waals surface area (Å²) in [6.45, 7) is 6.40. The Hall–Kier alpha value is -4.45. The normalized spacial score (nSPS) is 13.0. The van der Waals surface area contributed by atoms with Crippen LogP contribution in [0.4, 0.5) is 0 Å². The SMILES string of the molecule is CC/C=C\C/C=C\C/C=C\C/C=C\C/C=C\C/C=C\C/C=C\CCCCCCCCCCCC(=O)OCC(COC(=O)CCCCCCCCCCCC)OC(=O)CCCCCCCCCC/C=C\C/C=C\C/C=C\C/C=C\CC. The molecule has 6 heteroatoms. The Morgan fingerprint density at radius 1 is 0.263 bits per heavy atom. The van der Waals surface area contributed by atoms with E-state index in [4.69, 9.17) is 14.2 Å². The Labute approximate surface area is 494 Å². The van der Waals surface area contributed by atoms with Crippen LogP contribution in [-0.2, 0) is 28.6 Å². The molecule has 0 radical (unpaired) electrons. The first-order valence-corrected chi connectivity index (χ1v) is 33.2. The monoisotopic (exact) mass is 1110 g/mol. The van der Waals surface area contributed by atoms with Crippen LogP contribution in [0.5, 0.6) is 0 Å². The summed E-state index contributed by atoms with van der Waals surface area (Å²) < 4.78 is 16.9. The molecule has 6 nitrogen and oxygen atoms in total. The van der Waals surface area contributed by atoms with Crippen LogP contribution in [0, 0.1) is 0 Å². The molecule has 0 saturated heterocycles. The van der Waals surface area contributed by atoms with E-state index < -0.39 is 6.10 Å². The zero-order valence-electron chi connectivity index (χ0n) is 52.0. The van der Waals surface area contributed by atoms with Gasteiger partial charge in [0, 0.05) is 19.3 Å². The number of allylic oxidation sites excluding steroid dienone is 22. The first-order valence-electron chi connectivity index (χ1n) is 33.2. The molecule has 0 rings (SSSR count). The number of esters is 3. The number of ether oxygens (including phenoxy) is 3. The van der Waals surface area contributed by atoms with E-state index in [0.29, 0.717) is 19.3 Å². The maximum atomic E-state index is 12.9. The lowest BCUT2D eigenvalue weighted by atomic mass is 10.1. The van der Waals surface area contributed by atoms with E-state index in [1.165, 1.54) is 116 Å².